The van der Waals surface area contributed by atoms with E-state index in [1.165, 1.54) is 19.2 Å². The van der Waals surface area contributed by atoms with Crippen LogP contribution in [0.3, 0.4) is 0 Å². The normalized spacial score (nSPS) is 12.7. The van der Waals surface area contributed by atoms with Crippen LogP contribution < -0.4 is 9.46 Å². The molecule has 15 heteroatoms. The summed E-state index contributed by atoms with van der Waals surface area (Å²) in [6, 6.07) is 3.53. The fourth-order valence-corrected chi connectivity index (χ4v) is 3.68. The summed E-state index contributed by atoms with van der Waals surface area (Å²) < 4.78 is 94.6. The summed E-state index contributed by atoms with van der Waals surface area (Å²) >= 11 is 11.4. The van der Waals surface area contributed by atoms with Crippen LogP contribution in [0, 0.1) is 0 Å². The maximum absolute atomic E-state index is 13.2. The average Bonchev–Trinajstić information content (AvgIpc) is 2.94. The van der Waals surface area contributed by atoms with Crippen molar-refractivity contribution in [2.24, 2.45) is 0 Å². The van der Waals surface area contributed by atoms with E-state index in [9.17, 15) is 35.2 Å². The van der Waals surface area contributed by atoms with Crippen LogP contribution in [-0.2, 0) is 16.6 Å². The van der Waals surface area contributed by atoms with Gasteiger partial charge in [0.25, 0.3) is 15.9 Å². The number of carbonyl (C=O) groups excluding carboxylic acids is 1. The Bertz CT molecular complexity index is 1040. The highest BCUT2D eigenvalue weighted by Crippen LogP contribution is 2.37. The Hall–Kier alpha value is -2.12. The van der Waals surface area contributed by atoms with Gasteiger partial charge in [-0.3, -0.25) is 4.79 Å². The SMILES string of the molecule is COc1ccc(Cl)c(S(=O)(=O)NC(=O)c2ncn(CC(F)(F)C(F)(F)F)c2Cl)c1. The van der Waals surface area contributed by atoms with Gasteiger partial charge in [-0.15, -0.1) is 0 Å². The number of imidazole rings is 1. The molecule has 0 aliphatic heterocycles. The third-order valence-corrected chi connectivity index (χ3v) is 5.64. The van der Waals surface area contributed by atoms with E-state index in [0.717, 1.165) is 6.07 Å². The van der Waals surface area contributed by atoms with Gasteiger partial charge in [-0.1, -0.05) is 23.2 Å². The van der Waals surface area contributed by atoms with E-state index in [1.807, 2.05) is 0 Å². The number of benzene rings is 1. The summed E-state index contributed by atoms with van der Waals surface area (Å²) in [5, 5.41) is -1.19. The van der Waals surface area contributed by atoms with Crippen LogP contribution >= 0.6 is 23.2 Å². The van der Waals surface area contributed by atoms with Gasteiger partial charge in [-0.25, -0.2) is 18.1 Å². The first-order chi connectivity index (χ1) is 13.2. The first kappa shape index (κ1) is 23.2. The molecule has 1 aromatic heterocycles. The number of alkyl halides is 5. The lowest BCUT2D eigenvalue weighted by Crippen LogP contribution is -2.40. The first-order valence-corrected chi connectivity index (χ1v) is 9.49. The fourth-order valence-electron chi connectivity index (χ4n) is 1.98. The number of ether oxygens (including phenoxy) is 1. The van der Waals surface area contributed by atoms with Crippen molar-refractivity contribution in [2.45, 2.75) is 23.5 Å². The molecule has 0 saturated heterocycles. The molecule has 1 aromatic carbocycles. The monoisotopic (exact) mass is 481 g/mol. The molecule has 7 nitrogen and oxygen atoms in total. The summed E-state index contributed by atoms with van der Waals surface area (Å²) in [6.45, 7) is -1.95. The van der Waals surface area contributed by atoms with Crippen molar-refractivity contribution >= 4 is 39.1 Å². The molecule has 1 heterocycles. The topological polar surface area (TPSA) is 90.3 Å². The third kappa shape index (κ3) is 4.90. The molecule has 0 unspecified atom stereocenters. The summed E-state index contributed by atoms with van der Waals surface area (Å²) in [5.74, 6) is -6.53. The Balaban J connectivity index is 2.29. The van der Waals surface area contributed by atoms with E-state index < -0.39 is 50.3 Å². The van der Waals surface area contributed by atoms with Gasteiger partial charge in [0.15, 0.2) is 5.69 Å². The first-order valence-electron chi connectivity index (χ1n) is 7.25. The average molecular weight is 482 g/mol. The number of sulfonamides is 1. The van der Waals surface area contributed by atoms with Crippen molar-refractivity contribution in [1.82, 2.24) is 14.3 Å². The smallest absolute Gasteiger partial charge is 0.455 e. The van der Waals surface area contributed by atoms with Crippen LogP contribution in [0.15, 0.2) is 29.4 Å². The molecule has 0 aliphatic rings. The number of halogens is 7. The number of hydrogen-bond acceptors (Lipinski definition) is 5. The summed E-state index contributed by atoms with van der Waals surface area (Å²) in [4.78, 5) is 14.9. The Morgan fingerprint density at radius 3 is 2.41 bits per heavy atom. The van der Waals surface area contributed by atoms with Crippen LogP contribution in [0.4, 0.5) is 22.0 Å². The number of rotatable bonds is 6. The number of hydrogen-bond donors (Lipinski definition) is 1. The van der Waals surface area contributed by atoms with Gasteiger partial charge >= 0.3 is 12.1 Å². The lowest BCUT2D eigenvalue weighted by atomic mass is 10.3. The summed E-state index contributed by atoms with van der Waals surface area (Å²) in [7, 11) is -3.33. The highest BCUT2D eigenvalue weighted by Gasteiger charge is 2.57. The Morgan fingerprint density at radius 1 is 1.24 bits per heavy atom. The zero-order valence-electron chi connectivity index (χ0n) is 14.1. The predicted octanol–water partition coefficient (Wildman–Crippen LogP) is 3.51. The molecule has 2 aromatic rings. The second kappa shape index (κ2) is 7.95. The molecule has 2 rings (SSSR count). The second-order valence-electron chi connectivity index (χ2n) is 5.45. The molecule has 160 valence electrons. The molecular formula is C14H10Cl2F5N3O4S. The maximum Gasteiger partial charge on any atom is 0.455 e. The zero-order chi connectivity index (χ0) is 22.2. The van der Waals surface area contributed by atoms with Crippen molar-refractivity contribution in [3.63, 3.8) is 0 Å². The molecule has 0 atom stereocenters. The largest absolute Gasteiger partial charge is 0.497 e. The van der Waals surface area contributed by atoms with Gasteiger partial charge in [-0.05, 0) is 12.1 Å². The minimum atomic E-state index is -5.87. The molecule has 1 N–H and O–H groups in total. The number of nitrogens with zero attached hydrogens (tertiary/aromatic N) is 2. The van der Waals surface area contributed by atoms with E-state index in [-0.39, 0.29) is 15.3 Å². The van der Waals surface area contributed by atoms with Crippen molar-refractivity contribution in [1.29, 1.82) is 0 Å². The number of aromatic nitrogens is 2. The number of carbonyl (C=O) groups is 1. The predicted molar refractivity (Wildman–Crippen MR) is 90.9 cm³/mol. The minimum Gasteiger partial charge on any atom is -0.497 e. The number of amides is 1. The molecule has 0 bridgehead atoms. The molecular weight excluding hydrogens is 472 g/mol. The van der Waals surface area contributed by atoms with Gasteiger partial charge in [0, 0.05) is 6.07 Å². The third-order valence-electron chi connectivity index (χ3n) is 3.43. The van der Waals surface area contributed by atoms with Crippen LogP contribution in [0.5, 0.6) is 5.75 Å². The van der Waals surface area contributed by atoms with E-state index in [0.29, 0.717) is 6.33 Å². The van der Waals surface area contributed by atoms with E-state index in [1.54, 1.807) is 4.72 Å². The Labute approximate surface area is 170 Å². The maximum atomic E-state index is 13.2. The van der Waals surface area contributed by atoms with Crippen LogP contribution in [-0.4, -0.2) is 43.1 Å². The number of nitrogens with one attached hydrogen (secondary N) is 1. The lowest BCUT2D eigenvalue weighted by Gasteiger charge is -2.20. The van der Waals surface area contributed by atoms with Gasteiger partial charge in [0.1, 0.15) is 15.8 Å². The highest BCUT2D eigenvalue weighted by molar-refractivity contribution is 7.90. The van der Waals surface area contributed by atoms with Crippen LogP contribution in [0.2, 0.25) is 10.2 Å². The van der Waals surface area contributed by atoms with Crippen LogP contribution in [0.1, 0.15) is 10.5 Å². The fraction of sp³-hybridized carbons (Fsp3) is 0.286. The molecule has 0 radical (unpaired) electrons. The quantitative estimate of drug-likeness (QED) is 0.637. The van der Waals surface area contributed by atoms with Crippen molar-refractivity contribution in [3.8, 4) is 5.75 Å². The molecule has 0 saturated carbocycles. The van der Waals surface area contributed by atoms with E-state index in [2.05, 4.69) is 4.98 Å². The molecule has 0 fully saturated rings. The molecule has 0 aliphatic carbocycles. The highest BCUT2D eigenvalue weighted by atomic mass is 35.5. The Kier molecular flexibility index (Phi) is 6.35. The van der Waals surface area contributed by atoms with Crippen molar-refractivity contribution in [2.75, 3.05) is 7.11 Å². The van der Waals surface area contributed by atoms with Gasteiger partial charge in [0.2, 0.25) is 0 Å². The van der Waals surface area contributed by atoms with E-state index >= 15 is 0 Å². The molecule has 29 heavy (non-hydrogen) atoms. The standard InChI is InChI=1S/C14H10Cl2F5N3O4S/c1-28-7-2-3-8(15)9(4-7)29(26,27)23-12(25)10-11(16)24(6-22-10)5-13(17,18)14(19,20)21/h2-4,6H,5H2,1H3,(H,23,25). The van der Waals surface area contributed by atoms with Crippen molar-refractivity contribution < 1.29 is 39.9 Å². The molecule has 0 spiro atoms. The molecule has 1 amide bonds. The Morgan fingerprint density at radius 2 is 1.86 bits per heavy atom. The lowest BCUT2D eigenvalue weighted by molar-refractivity contribution is -0.286. The van der Waals surface area contributed by atoms with Crippen molar-refractivity contribution in [3.05, 3.63) is 40.4 Å². The number of methoxy groups -OCH3 is 1. The van der Waals surface area contributed by atoms with Gasteiger partial charge < -0.3 is 9.30 Å². The van der Waals surface area contributed by atoms with E-state index in [4.69, 9.17) is 27.9 Å². The van der Waals surface area contributed by atoms with Gasteiger partial charge in [0.05, 0.1) is 25.0 Å². The zero-order valence-corrected chi connectivity index (χ0v) is 16.4. The summed E-state index contributed by atoms with van der Waals surface area (Å²) in [6.07, 6.45) is -5.42. The second-order valence-corrected chi connectivity index (χ2v) is 7.86. The summed E-state index contributed by atoms with van der Waals surface area (Å²) in [5.41, 5.74) is -0.882. The van der Waals surface area contributed by atoms with Gasteiger partial charge in [-0.2, -0.15) is 22.0 Å². The minimum absolute atomic E-state index is 0.0962. The van der Waals surface area contributed by atoms with Crippen LogP contribution in [0.25, 0.3) is 0 Å².